The predicted molar refractivity (Wildman–Crippen MR) is 78.4 cm³/mol. The van der Waals surface area contributed by atoms with Crippen LogP contribution in [0.3, 0.4) is 0 Å². The minimum atomic E-state index is 0.231. The lowest BCUT2D eigenvalue weighted by atomic mass is 10.0. The predicted octanol–water partition coefficient (Wildman–Crippen LogP) is 3.53. The first-order valence-corrected chi connectivity index (χ1v) is 6.26. The van der Waals surface area contributed by atoms with Crippen molar-refractivity contribution in [1.29, 1.82) is 0 Å². The summed E-state index contributed by atoms with van der Waals surface area (Å²) in [6.45, 7) is 1.99. The Morgan fingerprint density at radius 1 is 1.10 bits per heavy atom. The van der Waals surface area contributed by atoms with Crippen LogP contribution in [-0.4, -0.2) is 24.8 Å². The van der Waals surface area contributed by atoms with E-state index in [1.807, 2.05) is 48.5 Å². The summed E-state index contributed by atoms with van der Waals surface area (Å²) in [5.74, 6) is 0.765. The zero-order chi connectivity index (χ0) is 14.4. The molecule has 0 unspecified atom stereocenters. The van der Waals surface area contributed by atoms with Gasteiger partial charge in [-0.05, 0) is 35.7 Å². The SMILES string of the molecule is COCOc1cccc(-c2ccc(C(C)=NO)cc2)c1. The van der Waals surface area contributed by atoms with Crippen molar-refractivity contribution in [2.75, 3.05) is 13.9 Å². The Hall–Kier alpha value is -2.33. The molecule has 104 valence electrons. The largest absolute Gasteiger partial charge is 0.468 e. The van der Waals surface area contributed by atoms with Gasteiger partial charge in [-0.2, -0.15) is 0 Å². The minimum absolute atomic E-state index is 0.231. The molecule has 0 saturated heterocycles. The Morgan fingerprint density at radius 3 is 2.50 bits per heavy atom. The molecule has 0 bridgehead atoms. The summed E-state index contributed by atoms with van der Waals surface area (Å²) < 4.78 is 10.3. The van der Waals surface area contributed by atoms with Crippen molar-refractivity contribution in [3.63, 3.8) is 0 Å². The maximum atomic E-state index is 8.75. The second-order valence-electron chi connectivity index (χ2n) is 4.34. The summed E-state index contributed by atoms with van der Waals surface area (Å²) >= 11 is 0. The Morgan fingerprint density at radius 2 is 1.85 bits per heavy atom. The van der Waals surface area contributed by atoms with Gasteiger partial charge in [0.1, 0.15) is 5.75 Å². The second-order valence-corrected chi connectivity index (χ2v) is 4.34. The van der Waals surface area contributed by atoms with Gasteiger partial charge in [0.15, 0.2) is 6.79 Å². The highest BCUT2D eigenvalue weighted by Crippen LogP contribution is 2.24. The first-order chi connectivity index (χ1) is 9.74. The summed E-state index contributed by atoms with van der Waals surface area (Å²) in [4.78, 5) is 0. The fourth-order valence-corrected chi connectivity index (χ4v) is 1.85. The van der Waals surface area contributed by atoms with Gasteiger partial charge in [0.2, 0.25) is 0 Å². The molecule has 0 atom stereocenters. The highest BCUT2D eigenvalue weighted by molar-refractivity contribution is 5.98. The lowest BCUT2D eigenvalue weighted by molar-refractivity contribution is 0.0511. The van der Waals surface area contributed by atoms with Crippen LogP contribution in [0.1, 0.15) is 12.5 Å². The van der Waals surface area contributed by atoms with Crippen molar-refractivity contribution in [1.82, 2.24) is 0 Å². The number of methoxy groups -OCH3 is 1. The molecule has 0 heterocycles. The lowest BCUT2D eigenvalue weighted by Gasteiger charge is -2.08. The summed E-state index contributed by atoms with van der Waals surface area (Å²) in [7, 11) is 1.59. The normalized spacial score (nSPS) is 11.4. The highest BCUT2D eigenvalue weighted by atomic mass is 16.7. The molecule has 0 aliphatic carbocycles. The smallest absolute Gasteiger partial charge is 0.188 e. The van der Waals surface area contributed by atoms with E-state index in [1.165, 1.54) is 0 Å². The lowest BCUT2D eigenvalue weighted by Crippen LogP contribution is -1.98. The molecule has 0 radical (unpaired) electrons. The molecule has 0 amide bonds. The van der Waals surface area contributed by atoms with E-state index in [9.17, 15) is 0 Å². The zero-order valence-electron chi connectivity index (χ0n) is 11.5. The van der Waals surface area contributed by atoms with Crippen molar-refractivity contribution < 1.29 is 14.7 Å². The third kappa shape index (κ3) is 3.36. The van der Waals surface area contributed by atoms with Gasteiger partial charge < -0.3 is 14.7 Å². The summed E-state index contributed by atoms with van der Waals surface area (Å²) in [6.07, 6.45) is 0. The molecule has 1 N–H and O–H groups in total. The number of oxime groups is 1. The van der Waals surface area contributed by atoms with E-state index in [0.717, 1.165) is 22.4 Å². The summed E-state index contributed by atoms with van der Waals surface area (Å²) in [5, 5.41) is 11.9. The van der Waals surface area contributed by atoms with E-state index in [2.05, 4.69) is 5.16 Å². The number of rotatable bonds is 5. The molecule has 4 heteroatoms. The van der Waals surface area contributed by atoms with Gasteiger partial charge in [0.25, 0.3) is 0 Å². The molecule has 0 fully saturated rings. The van der Waals surface area contributed by atoms with Gasteiger partial charge in [-0.15, -0.1) is 0 Å². The second kappa shape index (κ2) is 6.73. The third-order valence-electron chi connectivity index (χ3n) is 2.96. The number of hydrogen-bond donors (Lipinski definition) is 1. The van der Waals surface area contributed by atoms with E-state index in [1.54, 1.807) is 14.0 Å². The average molecular weight is 271 g/mol. The first-order valence-electron chi connectivity index (χ1n) is 6.26. The molecule has 0 aliphatic heterocycles. The van der Waals surface area contributed by atoms with E-state index in [0.29, 0.717) is 5.71 Å². The van der Waals surface area contributed by atoms with Crippen LogP contribution in [0.5, 0.6) is 5.75 Å². The van der Waals surface area contributed by atoms with Gasteiger partial charge in [-0.25, -0.2) is 0 Å². The van der Waals surface area contributed by atoms with Crippen LogP contribution < -0.4 is 4.74 Å². The first kappa shape index (κ1) is 14.1. The third-order valence-corrected chi connectivity index (χ3v) is 2.96. The van der Waals surface area contributed by atoms with Gasteiger partial charge in [0, 0.05) is 7.11 Å². The minimum Gasteiger partial charge on any atom is -0.468 e. The molecule has 2 rings (SSSR count). The van der Waals surface area contributed by atoms with Crippen molar-refractivity contribution in [2.45, 2.75) is 6.92 Å². The van der Waals surface area contributed by atoms with E-state index < -0.39 is 0 Å². The number of ether oxygens (including phenoxy) is 2. The molecular formula is C16H17NO3. The van der Waals surface area contributed by atoms with Crippen molar-refractivity contribution in [2.24, 2.45) is 5.16 Å². The molecule has 0 aliphatic rings. The van der Waals surface area contributed by atoms with Crippen molar-refractivity contribution in [3.05, 3.63) is 54.1 Å². The molecule has 0 spiro atoms. The van der Waals surface area contributed by atoms with Crippen LogP contribution in [0.4, 0.5) is 0 Å². The van der Waals surface area contributed by atoms with E-state index >= 15 is 0 Å². The molecular weight excluding hydrogens is 254 g/mol. The molecule has 4 nitrogen and oxygen atoms in total. The maximum absolute atomic E-state index is 8.75. The zero-order valence-corrected chi connectivity index (χ0v) is 11.5. The maximum Gasteiger partial charge on any atom is 0.188 e. The van der Waals surface area contributed by atoms with Crippen LogP contribution in [-0.2, 0) is 4.74 Å². The van der Waals surface area contributed by atoms with Crippen LogP contribution in [0, 0.1) is 0 Å². The molecule has 20 heavy (non-hydrogen) atoms. The Kier molecular flexibility index (Phi) is 4.74. The van der Waals surface area contributed by atoms with Gasteiger partial charge in [-0.3, -0.25) is 0 Å². The fourth-order valence-electron chi connectivity index (χ4n) is 1.85. The van der Waals surface area contributed by atoms with E-state index in [4.69, 9.17) is 14.7 Å². The fraction of sp³-hybridized carbons (Fsp3) is 0.188. The van der Waals surface area contributed by atoms with Gasteiger partial charge >= 0.3 is 0 Å². The topological polar surface area (TPSA) is 51.0 Å². The van der Waals surface area contributed by atoms with E-state index in [-0.39, 0.29) is 6.79 Å². The Labute approximate surface area is 118 Å². The molecule has 0 saturated carbocycles. The summed E-state index contributed by atoms with van der Waals surface area (Å²) in [6, 6.07) is 15.6. The molecule has 2 aromatic carbocycles. The van der Waals surface area contributed by atoms with Crippen LogP contribution >= 0.6 is 0 Å². The quantitative estimate of drug-likeness (QED) is 0.392. The van der Waals surface area contributed by atoms with Crippen LogP contribution in [0.2, 0.25) is 0 Å². The highest BCUT2D eigenvalue weighted by Gasteiger charge is 2.02. The molecule has 2 aromatic rings. The van der Waals surface area contributed by atoms with Crippen LogP contribution in [0.25, 0.3) is 11.1 Å². The summed E-state index contributed by atoms with van der Waals surface area (Å²) in [5.41, 5.74) is 3.61. The van der Waals surface area contributed by atoms with Crippen LogP contribution in [0.15, 0.2) is 53.7 Å². The number of benzene rings is 2. The number of hydrogen-bond acceptors (Lipinski definition) is 4. The monoisotopic (exact) mass is 271 g/mol. The Balaban J connectivity index is 2.23. The molecule has 0 aromatic heterocycles. The Bertz CT molecular complexity index is 591. The van der Waals surface area contributed by atoms with Gasteiger partial charge in [-0.1, -0.05) is 41.6 Å². The van der Waals surface area contributed by atoms with Gasteiger partial charge in [0.05, 0.1) is 5.71 Å². The average Bonchev–Trinajstić information content (AvgIpc) is 2.52. The number of nitrogens with zero attached hydrogens (tertiary/aromatic N) is 1. The van der Waals surface area contributed by atoms with Crippen molar-refractivity contribution in [3.8, 4) is 16.9 Å². The van der Waals surface area contributed by atoms with Crippen molar-refractivity contribution >= 4 is 5.71 Å². The standard InChI is InChI=1S/C16H17NO3/c1-12(17-18)13-6-8-14(9-7-13)15-4-3-5-16(10-15)20-11-19-2/h3-10,18H,11H2,1-2H3.